The summed E-state index contributed by atoms with van der Waals surface area (Å²) < 4.78 is 64.0. The van der Waals surface area contributed by atoms with Gasteiger partial charge in [0.15, 0.2) is 0 Å². The first-order valence-electron chi connectivity index (χ1n) is 12.8. The van der Waals surface area contributed by atoms with Gasteiger partial charge in [0.1, 0.15) is 23.1 Å². The lowest BCUT2D eigenvalue weighted by molar-refractivity contribution is -0.131. The lowest BCUT2D eigenvalue weighted by atomic mass is 9.78. The Kier molecular flexibility index (Phi) is 11.1. The zero-order valence-electron chi connectivity index (χ0n) is 21.9. The Labute approximate surface area is 236 Å². The van der Waals surface area contributed by atoms with E-state index < -0.39 is 40.1 Å². The molecule has 3 aromatic carbocycles. The number of anilines is 1. The van der Waals surface area contributed by atoms with Crippen LogP contribution in [0, 0.1) is 17.6 Å². The van der Waals surface area contributed by atoms with Gasteiger partial charge < -0.3 is 25.6 Å². The molecular formula is C28H32F2N2O8S. The number of hydrogen-bond donors (Lipinski definition) is 5. The van der Waals surface area contributed by atoms with Crippen LogP contribution < -0.4 is 15.4 Å². The van der Waals surface area contributed by atoms with Crippen molar-refractivity contribution in [2.24, 2.45) is 11.7 Å². The normalized spacial score (nSPS) is 17.3. The number of aliphatic hydroxyl groups is 1. The second kappa shape index (κ2) is 14.3. The molecule has 222 valence electrons. The van der Waals surface area contributed by atoms with Gasteiger partial charge in [-0.3, -0.25) is 13.9 Å². The van der Waals surface area contributed by atoms with Crippen LogP contribution in [0.4, 0.5) is 14.5 Å². The Hall–Kier alpha value is -3.62. The fourth-order valence-electron chi connectivity index (χ4n) is 4.56. The number of phenols is 1. The standard InChI is InChI=1S/C28H30F2N2O4.H2O4S/c29-19-5-3-18(4-6-19)25(33)14-13-24-27(32(28(24)35)21-9-7-20(30)8-10-21)23-12-11-22(17-26(23)34)36-16-2-1-15-31;1-5(2,3)4/h3-12,17,24-25,27,33-34H,1-2,13-16,31H2;(H2,1,2,3,4). The van der Waals surface area contributed by atoms with E-state index in [0.29, 0.717) is 42.1 Å². The summed E-state index contributed by atoms with van der Waals surface area (Å²) in [6, 6.07) is 15.7. The number of nitrogens with zero attached hydrogens (tertiary/aromatic N) is 1. The van der Waals surface area contributed by atoms with Crippen LogP contribution in [0.15, 0.2) is 66.7 Å². The average molecular weight is 595 g/mol. The molecule has 0 bridgehead atoms. The summed E-state index contributed by atoms with van der Waals surface area (Å²) in [4.78, 5) is 14.7. The minimum atomic E-state index is -4.67. The Morgan fingerprint density at radius 2 is 1.54 bits per heavy atom. The molecule has 0 aliphatic carbocycles. The molecule has 1 heterocycles. The van der Waals surface area contributed by atoms with Crippen molar-refractivity contribution in [3.63, 3.8) is 0 Å². The van der Waals surface area contributed by atoms with E-state index in [4.69, 9.17) is 28.0 Å². The monoisotopic (exact) mass is 594 g/mol. The lowest BCUT2D eigenvalue weighted by Gasteiger charge is -2.48. The molecule has 1 amide bonds. The van der Waals surface area contributed by atoms with Gasteiger partial charge in [-0.05, 0) is 86.3 Å². The van der Waals surface area contributed by atoms with Gasteiger partial charge in [-0.15, -0.1) is 0 Å². The van der Waals surface area contributed by atoms with Crippen LogP contribution in [-0.2, 0) is 15.2 Å². The first kappa shape index (κ1) is 31.9. The average Bonchev–Trinajstić information content (AvgIpc) is 2.91. The maximum Gasteiger partial charge on any atom is 0.394 e. The molecule has 1 fully saturated rings. The number of nitrogens with two attached hydrogens (primary N) is 1. The molecule has 3 aromatic rings. The van der Waals surface area contributed by atoms with Crippen molar-refractivity contribution in [3.05, 3.63) is 89.5 Å². The number of carbonyl (C=O) groups excluding carboxylic acids is 1. The maximum absolute atomic E-state index is 13.5. The molecule has 6 N–H and O–H groups in total. The van der Waals surface area contributed by atoms with Crippen molar-refractivity contribution in [3.8, 4) is 11.5 Å². The summed E-state index contributed by atoms with van der Waals surface area (Å²) in [7, 11) is -4.67. The van der Waals surface area contributed by atoms with Crippen LogP contribution >= 0.6 is 0 Å². The van der Waals surface area contributed by atoms with Gasteiger partial charge in [0, 0.05) is 17.3 Å². The summed E-state index contributed by atoms with van der Waals surface area (Å²) in [5.41, 5.74) is 7.12. The summed E-state index contributed by atoms with van der Waals surface area (Å²) in [5.74, 6) is -0.999. The van der Waals surface area contributed by atoms with E-state index in [0.717, 1.165) is 12.8 Å². The molecule has 1 aliphatic heterocycles. The van der Waals surface area contributed by atoms with Crippen LogP contribution in [0.25, 0.3) is 0 Å². The van der Waals surface area contributed by atoms with E-state index in [1.807, 2.05) is 0 Å². The van der Waals surface area contributed by atoms with E-state index in [2.05, 4.69) is 0 Å². The number of carbonyl (C=O) groups is 1. The Bertz CT molecular complexity index is 1400. The van der Waals surface area contributed by atoms with Crippen molar-refractivity contribution in [2.75, 3.05) is 18.1 Å². The largest absolute Gasteiger partial charge is 0.507 e. The van der Waals surface area contributed by atoms with Gasteiger partial charge in [0.25, 0.3) is 0 Å². The van der Waals surface area contributed by atoms with Crippen molar-refractivity contribution in [2.45, 2.75) is 37.8 Å². The van der Waals surface area contributed by atoms with E-state index in [9.17, 15) is 23.8 Å². The minimum absolute atomic E-state index is 0.0139. The third-order valence-corrected chi connectivity index (χ3v) is 6.51. The third-order valence-electron chi connectivity index (χ3n) is 6.51. The zero-order chi connectivity index (χ0) is 30.2. The first-order chi connectivity index (χ1) is 19.4. The lowest BCUT2D eigenvalue weighted by Crippen LogP contribution is -2.55. The molecule has 1 saturated heterocycles. The van der Waals surface area contributed by atoms with E-state index >= 15 is 0 Å². The summed E-state index contributed by atoms with van der Waals surface area (Å²) in [5, 5.41) is 21.4. The van der Waals surface area contributed by atoms with Gasteiger partial charge >= 0.3 is 10.4 Å². The molecule has 3 unspecified atom stereocenters. The summed E-state index contributed by atoms with van der Waals surface area (Å²) >= 11 is 0. The Morgan fingerprint density at radius 1 is 0.951 bits per heavy atom. The highest BCUT2D eigenvalue weighted by molar-refractivity contribution is 7.79. The Morgan fingerprint density at radius 3 is 2.10 bits per heavy atom. The molecule has 0 aromatic heterocycles. The predicted octanol–water partition coefficient (Wildman–Crippen LogP) is 4.35. The number of benzene rings is 3. The van der Waals surface area contributed by atoms with Crippen molar-refractivity contribution < 1.29 is 46.0 Å². The van der Waals surface area contributed by atoms with Gasteiger partial charge in [-0.1, -0.05) is 12.1 Å². The zero-order valence-corrected chi connectivity index (χ0v) is 22.8. The quantitative estimate of drug-likeness (QED) is 0.123. The van der Waals surface area contributed by atoms with Gasteiger partial charge in [-0.25, -0.2) is 8.78 Å². The van der Waals surface area contributed by atoms with Crippen molar-refractivity contribution >= 4 is 22.0 Å². The number of aliphatic hydroxyl groups excluding tert-OH is 1. The van der Waals surface area contributed by atoms with Gasteiger partial charge in [0.05, 0.1) is 24.7 Å². The maximum atomic E-state index is 13.5. The molecule has 4 rings (SSSR count). The fourth-order valence-corrected chi connectivity index (χ4v) is 4.56. The van der Waals surface area contributed by atoms with Gasteiger partial charge in [0.2, 0.25) is 5.91 Å². The van der Waals surface area contributed by atoms with E-state index in [1.165, 1.54) is 59.5 Å². The number of β-lactam (4-membered cyclic amide) rings is 1. The summed E-state index contributed by atoms with van der Waals surface area (Å²) in [6.07, 6.45) is 1.39. The van der Waals surface area contributed by atoms with Gasteiger partial charge in [-0.2, -0.15) is 8.42 Å². The molecule has 3 atom stereocenters. The molecular weight excluding hydrogens is 562 g/mol. The molecule has 41 heavy (non-hydrogen) atoms. The molecule has 0 saturated carbocycles. The highest BCUT2D eigenvalue weighted by atomic mass is 32.3. The van der Waals surface area contributed by atoms with E-state index in [1.54, 1.807) is 12.1 Å². The highest BCUT2D eigenvalue weighted by Crippen LogP contribution is 2.49. The number of ether oxygens (including phenoxy) is 1. The topological polar surface area (TPSA) is 171 Å². The van der Waals surface area contributed by atoms with Crippen LogP contribution in [-0.4, -0.2) is 46.8 Å². The second-order valence-corrected chi connectivity index (χ2v) is 10.3. The third kappa shape index (κ3) is 9.20. The molecule has 10 nitrogen and oxygen atoms in total. The van der Waals surface area contributed by atoms with E-state index in [-0.39, 0.29) is 18.1 Å². The number of halogens is 2. The van der Waals surface area contributed by atoms with Crippen LogP contribution in [0.2, 0.25) is 0 Å². The number of hydrogen-bond acceptors (Lipinski definition) is 7. The van der Waals surface area contributed by atoms with Crippen molar-refractivity contribution in [1.82, 2.24) is 0 Å². The molecule has 13 heteroatoms. The number of rotatable bonds is 11. The Balaban J connectivity index is 0.000000850. The van der Waals surface area contributed by atoms with Crippen molar-refractivity contribution in [1.29, 1.82) is 0 Å². The number of phenolic OH excluding ortho intramolecular Hbond substituents is 1. The van der Waals surface area contributed by atoms with Crippen LogP contribution in [0.5, 0.6) is 11.5 Å². The van der Waals surface area contributed by atoms with Crippen LogP contribution in [0.3, 0.4) is 0 Å². The van der Waals surface area contributed by atoms with Crippen LogP contribution in [0.1, 0.15) is 49.0 Å². The fraction of sp³-hybridized carbons (Fsp3) is 0.321. The number of amides is 1. The summed E-state index contributed by atoms with van der Waals surface area (Å²) in [6.45, 7) is 1.06. The molecule has 0 radical (unpaired) electrons. The molecule has 0 spiro atoms. The second-order valence-electron chi connectivity index (χ2n) is 9.39. The SMILES string of the molecule is NCCCCOc1ccc(C2C(CCC(O)c3ccc(F)cc3)C(=O)N2c2ccc(F)cc2)c(O)c1.O=S(=O)(O)O. The predicted molar refractivity (Wildman–Crippen MR) is 147 cm³/mol. The molecule has 1 aliphatic rings. The highest BCUT2D eigenvalue weighted by Gasteiger charge is 2.49. The number of aromatic hydroxyl groups is 1. The first-order valence-corrected chi connectivity index (χ1v) is 14.2. The minimum Gasteiger partial charge on any atom is -0.507 e. The smallest absolute Gasteiger partial charge is 0.394 e. The number of unbranched alkanes of at least 4 members (excludes halogenated alkanes) is 1.